The molecule has 0 bridgehead atoms. The molecule has 0 spiro atoms. The molecule has 0 aliphatic carbocycles. The minimum absolute atomic E-state index is 0.253. The lowest BCUT2D eigenvalue weighted by Crippen LogP contribution is -2.47. The third-order valence-electron chi connectivity index (χ3n) is 3.90. The highest BCUT2D eigenvalue weighted by atomic mass is 32.1. The second-order valence-corrected chi connectivity index (χ2v) is 6.88. The summed E-state index contributed by atoms with van der Waals surface area (Å²) < 4.78 is 0. The summed E-state index contributed by atoms with van der Waals surface area (Å²) in [5, 5.41) is 4.62. The molecule has 0 radical (unpaired) electrons. The van der Waals surface area contributed by atoms with E-state index in [2.05, 4.69) is 10.8 Å². The van der Waals surface area contributed by atoms with E-state index < -0.39 is 6.04 Å². The van der Waals surface area contributed by atoms with E-state index in [-0.39, 0.29) is 18.4 Å². The van der Waals surface area contributed by atoms with Crippen molar-refractivity contribution in [1.29, 1.82) is 0 Å². The topological polar surface area (TPSA) is 67.4 Å². The molecule has 2 amide bonds. The van der Waals surface area contributed by atoms with Gasteiger partial charge in [0.05, 0.1) is 11.5 Å². The number of thiophene rings is 1. The smallest absolute Gasteiger partial charge is 0.266 e. The van der Waals surface area contributed by atoms with Crippen LogP contribution in [0.5, 0.6) is 0 Å². The molecule has 1 atom stereocenters. The Morgan fingerprint density at radius 1 is 0.889 bits per heavy atom. The van der Waals surface area contributed by atoms with Crippen molar-refractivity contribution in [3.05, 3.63) is 94.2 Å². The van der Waals surface area contributed by atoms with E-state index in [1.807, 2.05) is 66.0 Å². The first-order valence-corrected chi connectivity index (χ1v) is 9.44. The Kier molecular flexibility index (Phi) is 6.73. The summed E-state index contributed by atoms with van der Waals surface area (Å²) >= 11 is 1.33. The first-order chi connectivity index (χ1) is 13.2. The second kappa shape index (κ2) is 9.66. The average Bonchev–Trinajstić information content (AvgIpc) is 3.24. The van der Waals surface area contributed by atoms with Gasteiger partial charge in [0.25, 0.3) is 11.8 Å². The Labute approximate surface area is 162 Å². The van der Waals surface area contributed by atoms with Gasteiger partial charge < -0.3 is 5.32 Å². The number of carbonyl (C=O) groups excluding carboxylic acids is 2. The first-order valence-electron chi connectivity index (χ1n) is 8.56. The van der Waals surface area contributed by atoms with Crippen LogP contribution in [0, 0.1) is 0 Å². The lowest BCUT2D eigenvalue weighted by Gasteiger charge is -2.18. The molecule has 3 rings (SSSR count). The molecule has 5 nitrogen and oxygen atoms in total. The van der Waals surface area contributed by atoms with Gasteiger partial charge in [-0.05, 0) is 22.6 Å². The Morgan fingerprint density at radius 3 is 2.19 bits per heavy atom. The largest absolute Gasteiger partial charge is 0.339 e. The minimum atomic E-state index is -0.738. The highest BCUT2D eigenvalue weighted by Crippen LogP contribution is 2.10. The van der Waals surface area contributed by atoms with Gasteiger partial charge >= 0.3 is 0 Å². The molecule has 0 fully saturated rings. The molecule has 0 unspecified atom stereocenters. The van der Waals surface area contributed by atoms with E-state index >= 15 is 0 Å². The van der Waals surface area contributed by atoms with Crippen molar-refractivity contribution in [2.45, 2.75) is 19.1 Å². The number of nitrogens with one attached hydrogen (secondary N) is 2. The molecule has 3 aromatic rings. The monoisotopic (exact) mass is 380 g/mol. The van der Waals surface area contributed by atoms with E-state index in [0.717, 1.165) is 11.1 Å². The van der Waals surface area contributed by atoms with Gasteiger partial charge in [-0.2, -0.15) is 0 Å². The molecular formula is C21H20N2O3S. The average molecular weight is 380 g/mol. The Balaban J connectivity index is 1.62. The van der Waals surface area contributed by atoms with Crippen molar-refractivity contribution in [2.24, 2.45) is 0 Å². The lowest BCUT2D eigenvalue weighted by atomic mass is 10.1. The van der Waals surface area contributed by atoms with Crippen molar-refractivity contribution in [1.82, 2.24) is 10.8 Å². The van der Waals surface area contributed by atoms with E-state index in [1.54, 1.807) is 12.1 Å². The first kappa shape index (κ1) is 18.8. The van der Waals surface area contributed by atoms with Gasteiger partial charge in [0.2, 0.25) is 0 Å². The Morgan fingerprint density at radius 2 is 1.56 bits per heavy atom. The Hall–Kier alpha value is -2.96. The predicted octanol–water partition coefficient (Wildman–Crippen LogP) is 3.34. The van der Waals surface area contributed by atoms with Gasteiger partial charge in [0.15, 0.2) is 0 Å². The number of benzene rings is 2. The maximum Gasteiger partial charge on any atom is 0.266 e. The van der Waals surface area contributed by atoms with Crippen LogP contribution in [0.3, 0.4) is 0 Å². The molecule has 0 saturated heterocycles. The molecule has 6 heteroatoms. The fraction of sp³-hybridized carbons (Fsp3) is 0.143. The standard InChI is InChI=1S/C21H20N2O3S/c24-20(23-26-15-17-10-5-2-6-11-17)18(14-16-8-3-1-4-9-16)22-21(25)19-12-7-13-27-19/h1-13,18H,14-15H2,(H,22,25)(H,23,24)/t18-/m0/s1. The number of hydrogen-bond donors (Lipinski definition) is 2. The van der Waals surface area contributed by atoms with Gasteiger partial charge in [-0.3, -0.25) is 14.4 Å². The van der Waals surface area contributed by atoms with Crippen molar-refractivity contribution >= 4 is 23.2 Å². The minimum Gasteiger partial charge on any atom is -0.339 e. The molecule has 0 aliphatic heterocycles. The SMILES string of the molecule is O=C(N[C@@H](Cc1ccccc1)C(=O)NOCc1ccccc1)c1cccs1. The predicted molar refractivity (Wildman–Crippen MR) is 105 cm³/mol. The van der Waals surface area contributed by atoms with Crippen LogP contribution >= 0.6 is 11.3 Å². The summed E-state index contributed by atoms with van der Waals surface area (Å²) in [7, 11) is 0. The fourth-order valence-corrected chi connectivity index (χ4v) is 3.16. The second-order valence-electron chi connectivity index (χ2n) is 5.93. The zero-order valence-electron chi connectivity index (χ0n) is 14.6. The van der Waals surface area contributed by atoms with Gasteiger partial charge in [-0.25, -0.2) is 5.48 Å². The number of amides is 2. The van der Waals surface area contributed by atoms with E-state index in [4.69, 9.17) is 4.84 Å². The quantitative estimate of drug-likeness (QED) is 0.589. The third kappa shape index (κ3) is 5.77. The maximum atomic E-state index is 12.6. The molecule has 138 valence electrons. The molecular weight excluding hydrogens is 360 g/mol. The van der Waals surface area contributed by atoms with E-state index in [1.165, 1.54) is 11.3 Å². The number of rotatable bonds is 8. The van der Waals surface area contributed by atoms with Crippen molar-refractivity contribution in [3.8, 4) is 0 Å². The molecule has 0 saturated carbocycles. The summed E-state index contributed by atoms with van der Waals surface area (Å²) in [6, 6.07) is 21.9. The number of hydroxylamine groups is 1. The van der Waals surface area contributed by atoms with Crippen LogP contribution < -0.4 is 10.8 Å². The molecule has 2 N–H and O–H groups in total. The summed E-state index contributed by atoms with van der Waals surface area (Å²) in [6.07, 6.45) is 0.373. The normalized spacial score (nSPS) is 11.6. The maximum absolute atomic E-state index is 12.6. The summed E-state index contributed by atoms with van der Waals surface area (Å²) in [5.41, 5.74) is 4.35. The van der Waals surface area contributed by atoms with E-state index in [0.29, 0.717) is 11.3 Å². The van der Waals surface area contributed by atoms with Crippen LogP contribution in [0.25, 0.3) is 0 Å². The zero-order chi connectivity index (χ0) is 18.9. The third-order valence-corrected chi connectivity index (χ3v) is 4.77. The van der Waals surface area contributed by atoms with Crippen LogP contribution in [0.4, 0.5) is 0 Å². The molecule has 0 aliphatic rings. The molecule has 2 aromatic carbocycles. The van der Waals surface area contributed by atoms with Crippen molar-refractivity contribution in [3.63, 3.8) is 0 Å². The molecule has 1 heterocycles. The van der Waals surface area contributed by atoms with Crippen molar-refractivity contribution < 1.29 is 14.4 Å². The van der Waals surface area contributed by atoms with Gasteiger partial charge in [-0.1, -0.05) is 66.7 Å². The van der Waals surface area contributed by atoms with Crippen LogP contribution in [0.2, 0.25) is 0 Å². The highest BCUT2D eigenvalue weighted by Gasteiger charge is 2.22. The van der Waals surface area contributed by atoms with Crippen LogP contribution in [-0.4, -0.2) is 17.9 Å². The van der Waals surface area contributed by atoms with Gasteiger partial charge in [-0.15, -0.1) is 11.3 Å². The highest BCUT2D eigenvalue weighted by molar-refractivity contribution is 7.12. The van der Waals surface area contributed by atoms with E-state index in [9.17, 15) is 9.59 Å². The van der Waals surface area contributed by atoms with Crippen molar-refractivity contribution in [2.75, 3.05) is 0 Å². The van der Waals surface area contributed by atoms with Crippen LogP contribution in [0.1, 0.15) is 20.8 Å². The van der Waals surface area contributed by atoms with Crippen LogP contribution in [-0.2, 0) is 22.7 Å². The summed E-state index contributed by atoms with van der Waals surface area (Å²) in [4.78, 5) is 30.9. The zero-order valence-corrected chi connectivity index (χ0v) is 15.4. The fourth-order valence-electron chi connectivity index (χ4n) is 2.53. The molecule has 1 aromatic heterocycles. The van der Waals surface area contributed by atoms with Gasteiger partial charge in [0, 0.05) is 6.42 Å². The number of carbonyl (C=O) groups is 2. The Bertz CT molecular complexity index is 852. The summed E-state index contributed by atoms with van der Waals surface area (Å²) in [6.45, 7) is 0.253. The summed E-state index contributed by atoms with van der Waals surface area (Å²) in [5.74, 6) is -0.663. The van der Waals surface area contributed by atoms with Gasteiger partial charge in [0.1, 0.15) is 6.04 Å². The van der Waals surface area contributed by atoms with Crippen LogP contribution in [0.15, 0.2) is 78.2 Å². The lowest BCUT2D eigenvalue weighted by molar-refractivity contribution is -0.136. The molecule has 27 heavy (non-hydrogen) atoms. The number of hydrogen-bond acceptors (Lipinski definition) is 4.